The summed E-state index contributed by atoms with van der Waals surface area (Å²) in [7, 11) is 0. The Morgan fingerprint density at radius 3 is 2.58 bits per heavy atom. The monoisotopic (exact) mass is 428 g/mol. The highest BCUT2D eigenvalue weighted by molar-refractivity contribution is 5.78. The molecule has 1 atom stereocenters. The first-order valence-corrected chi connectivity index (χ1v) is 12.1. The van der Waals surface area contributed by atoms with Gasteiger partial charge in [0, 0.05) is 31.0 Å². The molecule has 0 spiro atoms. The van der Waals surface area contributed by atoms with E-state index in [1.165, 1.54) is 36.8 Å². The molecule has 0 aliphatic carbocycles. The van der Waals surface area contributed by atoms with Crippen LogP contribution in [0, 0.1) is 0 Å². The Labute approximate surface area is 192 Å². The normalized spacial score (nSPS) is 14.2. The number of hydrogen-bond acceptors (Lipinski definition) is 4. The Hall–Kier alpha value is -1.91. The predicted molar refractivity (Wildman–Crippen MR) is 141 cm³/mol. The second-order valence-corrected chi connectivity index (χ2v) is 7.88. The SMILES string of the molecule is C=C(/C=C\C(=C/CC)CNC(C)CCCCC/C(C=NC/C=C\C)=C/CCN)NCC. The standard InChI is InChI=1S/C27H48N4/c1-6-9-21-29-22-27(17-13-20-28)16-12-10-11-15-24(4)31-23-26(14-7-2)19-18-25(5)30-8-3/h6,9,14,17-19,22,24,30-31H,5,7-8,10-13,15-16,20-21,23,28H2,1-4H3/b9-6-,19-18-,26-14+,27-17-,29-22?. The van der Waals surface area contributed by atoms with Crippen LogP contribution in [-0.4, -0.2) is 38.4 Å². The number of unbranched alkanes of at least 4 members (excludes halogenated alkanes) is 2. The van der Waals surface area contributed by atoms with Gasteiger partial charge in [-0.05, 0) is 76.6 Å². The van der Waals surface area contributed by atoms with E-state index >= 15 is 0 Å². The molecule has 0 saturated heterocycles. The number of nitrogens with two attached hydrogens (primary N) is 1. The van der Waals surface area contributed by atoms with E-state index in [0.717, 1.165) is 44.6 Å². The van der Waals surface area contributed by atoms with E-state index in [1.807, 2.05) is 19.2 Å². The molecule has 0 aromatic carbocycles. The maximum atomic E-state index is 5.66. The molecule has 0 radical (unpaired) electrons. The van der Waals surface area contributed by atoms with Crippen LogP contribution in [0.4, 0.5) is 0 Å². The van der Waals surface area contributed by atoms with Crippen molar-refractivity contribution in [3.63, 3.8) is 0 Å². The highest BCUT2D eigenvalue weighted by Crippen LogP contribution is 2.11. The number of likely N-dealkylation sites (N-methyl/N-ethyl adjacent to an activating group) is 1. The van der Waals surface area contributed by atoms with Gasteiger partial charge in [0.15, 0.2) is 0 Å². The summed E-state index contributed by atoms with van der Waals surface area (Å²) in [4.78, 5) is 4.48. The van der Waals surface area contributed by atoms with Gasteiger partial charge in [-0.2, -0.15) is 0 Å². The van der Waals surface area contributed by atoms with E-state index in [-0.39, 0.29) is 0 Å². The number of hydrogen-bond donors (Lipinski definition) is 3. The average Bonchev–Trinajstić information content (AvgIpc) is 2.76. The van der Waals surface area contributed by atoms with Gasteiger partial charge in [0.05, 0.1) is 6.54 Å². The summed E-state index contributed by atoms with van der Waals surface area (Å²) >= 11 is 0. The van der Waals surface area contributed by atoms with E-state index in [2.05, 4.69) is 73.4 Å². The fraction of sp³-hybridized carbons (Fsp3) is 0.593. The average molecular weight is 429 g/mol. The predicted octanol–water partition coefficient (Wildman–Crippen LogP) is 5.85. The van der Waals surface area contributed by atoms with E-state index in [0.29, 0.717) is 12.6 Å². The van der Waals surface area contributed by atoms with Gasteiger partial charge < -0.3 is 16.4 Å². The van der Waals surface area contributed by atoms with E-state index in [1.54, 1.807) is 0 Å². The van der Waals surface area contributed by atoms with Crippen LogP contribution in [0.25, 0.3) is 0 Å². The maximum absolute atomic E-state index is 5.66. The maximum Gasteiger partial charge on any atom is 0.0570 e. The molecule has 4 nitrogen and oxygen atoms in total. The van der Waals surface area contributed by atoms with E-state index in [9.17, 15) is 0 Å². The molecule has 0 saturated carbocycles. The molecule has 0 aliphatic rings. The first kappa shape index (κ1) is 29.1. The van der Waals surface area contributed by atoms with Crippen LogP contribution >= 0.6 is 0 Å². The first-order valence-electron chi connectivity index (χ1n) is 12.1. The van der Waals surface area contributed by atoms with Crippen LogP contribution in [0.2, 0.25) is 0 Å². The molecule has 4 N–H and O–H groups in total. The molecule has 0 rings (SSSR count). The van der Waals surface area contributed by atoms with Crippen molar-refractivity contribution in [2.75, 3.05) is 26.2 Å². The molecule has 0 aromatic rings. The summed E-state index contributed by atoms with van der Waals surface area (Å²) in [5.41, 5.74) is 9.26. The molecule has 4 heteroatoms. The minimum Gasteiger partial charge on any atom is -0.386 e. The molecule has 0 amide bonds. The molecule has 0 fully saturated rings. The minimum atomic E-state index is 0.514. The lowest BCUT2D eigenvalue weighted by molar-refractivity contribution is 0.502. The van der Waals surface area contributed by atoms with Gasteiger partial charge >= 0.3 is 0 Å². The van der Waals surface area contributed by atoms with Gasteiger partial charge in [-0.15, -0.1) is 0 Å². The number of aliphatic imine (C=N–C) groups is 1. The zero-order chi connectivity index (χ0) is 23.2. The Bertz CT molecular complexity index is 596. The second-order valence-electron chi connectivity index (χ2n) is 7.88. The fourth-order valence-corrected chi connectivity index (χ4v) is 3.13. The van der Waals surface area contributed by atoms with Crippen molar-refractivity contribution in [1.29, 1.82) is 0 Å². The quantitative estimate of drug-likeness (QED) is 0.105. The Balaban J connectivity index is 4.24. The Morgan fingerprint density at radius 2 is 1.90 bits per heavy atom. The van der Waals surface area contributed by atoms with Crippen molar-refractivity contribution in [3.8, 4) is 0 Å². The summed E-state index contributed by atoms with van der Waals surface area (Å²) in [6, 6.07) is 0.514. The smallest absolute Gasteiger partial charge is 0.0570 e. The summed E-state index contributed by atoms with van der Waals surface area (Å²) in [6.07, 6.45) is 22.8. The Kier molecular flexibility index (Phi) is 20.0. The lowest BCUT2D eigenvalue weighted by Gasteiger charge is -2.14. The molecule has 0 aliphatic heterocycles. The molecule has 0 heterocycles. The zero-order valence-corrected chi connectivity index (χ0v) is 20.6. The fourth-order valence-electron chi connectivity index (χ4n) is 3.13. The third-order valence-electron chi connectivity index (χ3n) is 4.90. The van der Waals surface area contributed by atoms with Gasteiger partial charge in [-0.25, -0.2) is 0 Å². The highest BCUT2D eigenvalue weighted by Gasteiger charge is 2.03. The second kappa shape index (κ2) is 21.3. The molecule has 31 heavy (non-hydrogen) atoms. The number of allylic oxidation sites excluding steroid dienone is 4. The van der Waals surface area contributed by atoms with Gasteiger partial charge in [0.1, 0.15) is 0 Å². The van der Waals surface area contributed by atoms with Gasteiger partial charge in [-0.3, -0.25) is 4.99 Å². The third-order valence-corrected chi connectivity index (χ3v) is 4.90. The van der Waals surface area contributed by atoms with Gasteiger partial charge in [0.2, 0.25) is 0 Å². The zero-order valence-electron chi connectivity index (χ0n) is 20.6. The third kappa shape index (κ3) is 18.6. The molecule has 0 bridgehead atoms. The number of rotatable bonds is 19. The molecular formula is C27H48N4. The minimum absolute atomic E-state index is 0.514. The van der Waals surface area contributed by atoms with Crippen molar-refractivity contribution in [1.82, 2.24) is 10.6 Å². The van der Waals surface area contributed by atoms with Crippen molar-refractivity contribution < 1.29 is 0 Å². The van der Waals surface area contributed by atoms with Crippen molar-refractivity contribution in [2.24, 2.45) is 10.7 Å². The van der Waals surface area contributed by atoms with Crippen molar-refractivity contribution in [3.05, 3.63) is 59.9 Å². The van der Waals surface area contributed by atoms with Crippen LogP contribution in [0.3, 0.4) is 0 Å². The molecule has 176 valence electrons. The van der Waals surface area contributed by atoms with Crippen LogP contribution in [0.1, 0.15) is 72.6 Å². The largest absolute Gasteiger partial charge is 0.386 e. The van der Waals surface area contributed by atoms with Crippen LogP contribution in [0.5, 0.6) is 0 Å². The van der Waals surface area contributed by atoms with Gasteiger partial charge in [-0.1, -0.05) is 56.7 Å². The lowest BCUT2D eigenvalue weighted by atomic mass is 10.0. The van der Waals surface area contributed by atoms with Crippen molar-refractivity contribution >= 4 is 6.21 Å². The topological polar surface area (TPSA) is 62.4 Å². The molecule has 1 unspecified atom stereocenters. The molecular weight excluding hydrogens is 380 g/mol. The van der Waals surface area contributed by atoms with Crippen LogP contribution < -0.4 is 16.4 Å². The summed E-state index contributed by atoms with van der Waals surface area (Å²) in [5.74, 6) is 0. The highest BCUT2D eigenvalue weighted by atomic mass is 14.9. The van der Waals surface area contributed by atoms with Crippen LogP contribution in [-0.2, 0) is 0 Å². The summed E-state index contributed by atoms with van der Waals surface area (Å²) in [6.45, 7) is 15.8. The molecule has 0 aromatic heterocycles. The van der Waals surface area contributed by atoms with E-state index < -0.39 is 0 Å². The van der Waals surface area contributed by atoms with Gasteiger partial charge in [0.25, 0.3) is 0 Å². The van der Waals surface area contributed by atoms with Crippen LogP contribution in [0.15, 0.2) is 64.9 Å². The first-order chi connectivity index (χ1) is 15.1. The number of nitrogens with zero attached hydrogens (tertiary/aromatic N) is 1. The van der Waals surface area contributed by atoms with Crippen molar-refractivity contribution in [2.45, 2.75) is 78.7 Å². The summed E-state index contributed by atoms with van der Waals surface area (Å²) < 4.78 is 0. The van der Waals surface area contributed by atoms with E-state index in [4.69, 9.17) is 5.73 Å². The lowest BCUT2D eigenvalue weighted by Crippen LogP contribution is -2.27. The summed E-state index contributed by atoms with van der Waals surface area (Å²) in [5, 5.41) is 6.90. The Morgan fingerprint density at radius 1 is 1.10 bits per heavy atom. The number of nitrogens with one attached hydrogen (secondary N) is 2.